The normalized spacial score (nSPS) is 23.2. The second kappa shape index (κ2) is 25.5. The number of allylic oxidation sites excluding steroid dienone is 8. The first-order valence-corrected chi connectivity index (χ1v) is 28.3. The summed E-state index contributed by atoms with van der Waals surface area (Å²) in [6, 6.07) is 1.70. The fourth-order valence-corrected chi connectivity index (χ4v) is 11.4. The van der Waals surface area contributed by atoms with Crippen molar-refractivity contribution in [2.24, 2.45) is 0 Å². The van der Waals surface area contributed by atoms with Gasteiger partial charge in [0.15, 0.2) is 0 Å². The topological polar surface area (TPSA) is 214 Å². The van der Waals surface area contributed by atoms with Crippen LogP contribution in [0.2, 0.25) is 0 Å². The number of amides is 4. The number of hydrogen-bond donors (Lipinski definition) is 3. The van der Waals surface area contributed by atoms with E-state index in [-0.39, 0.29) is 73.9 Å². The Hall–Kier alpha value is -6.21. The Morgan fingerprint density at radius 3 is 1.53 bits per heavy atom. The molecule has 0 bridgehead atoms. The summed E-state index contributed by atoms with van der Waals surface area (Å²) in [5, 5.41) is 34.3. The minimum Gasteiger partial charge on any atom is -0.484 e. The predicted molar refractivity (Wildman–Crippen MR) is 296 cm³/mol. The molecule has 4 amide bonds. The summed E-state index contributed by atoms with van der Waals surface area (Å²) >= 11 is 0. The smallest absolute Gasteiger partial charge is 0.415 e. The van der Waals surface area contributed by atoms with Gasteiger partial charge in [0, 0.05) is 67.8 Å². The Morgan fingerprint density at radius 2 is 1.09 bits per heavy atom. The van der Waals surface area contributed by atoms with Gasteiger partial charge in [-0.2, -0.15) is 0 Å². The molecular formula is C61H82N4O14. The first-order chi connectivity index (χ1) is 37.7. The zero-order chi connectivity index (χ0) is 56.8. The Kier molecular flexibility index (Phi) is 19.0. The standard InChI is InChI=1S/C61H82N4O14/c1-38(2)14-9-16-40(5)18-11-21-60(7)51(66)34-44-49(76-58(72)62-24-28-74-29-25-62)32-42-46(53(44)78-60)36-64(55(42)68)23-13-20-48(57(70)71)65-37-47-43(56(65)69)33-50(77-59(73)63-26-30-75-31-27-63)45-35-52(67)61(8,79-54(45)47)22-12-19-41(6)17-10-15-39(3)4/h14-15,18-19,32-33,48,51-52,66-67H,9-13,16-17,20-31,34-37H2,1-8H3,(H,70,71)/b40-18+,41-19+/t48-,51-,52-,60+,61+/m0/s1/i58+1,59+1. The van der Waals surface area contributed by atoms with E-state index in [2.05, 4.69) is 65.8 Å². The molecule has 79 heavy (non-hydrogen) atoms. The third kappa shape index (κ3) is 13.7. The molecule has 6 heterocycles. The van der Waals surface area contributed by atoms with Crippen molar-refractivity contribution >= 4 is 30.0 Å². The number of aliphatic hydroxyl groups is 2. The lowest BCUT2D eigenvalue weighted by Gasteiger charge is -2.41. The molecule has 2 saturated heterocycles. The SMILES string of the molecule is CC(C)=CCC/C(C)=C/CC[C@@]1(C)Oc2c(c(O[13C](=O)N3CCOCC3)cc3c2CN(CCC[C@@H](C(=O)O)N2Cc4c(cc(O[13C](=O)N5CCOCC5)c5c4O[C@](C)(CC/C=C(\C)CCC=C(C)C)[C@@H](O)C5)C2=O)C3=O)C[C@@H]1O. The quantitative estimate of drug-likeness (QED) is 0.0833. The van der Waals surface area contributed by atoms with Gasteiger partial charge in [-0.1, -0.05) is 46.6 Å². The van der Waals surface area contributed by atoms with Crippen molar-refractivity contribution in [1.29, 1.82) is 0 Å². The number of benzene rings is 2. The highest BCUT2D eigenvalue weighted by molar-refractivity contribution is 6.02. The van der Waals surface area contributed by atoms with E-state index in [1.54, 1.807) is 11.0 Å². The first-order valence-electron chi connectivity index (χ1n) is 28.3. The van der Waals surface area contributed by atoms with E-state index in [1.807, 2.05) is 13.8 Å². The molecule has 8 rings (SSSR count). The number of hydrogen-bond acceptors (Lipinski definition) is 13. The van der Waals surface area contributed by atoms with Crippen LogP contribution in [0.15, 0.2) is 58.7 Å². The summed E-state index contributed by atoms with van der Waals surface area (Å²) in [5.74, 6) is -1.28. The van der Waals surface area contributed by atoms with E-state index in [1.165, 1.54) is 43.1 Å². The van der Waals surface area contributed by atoms with Crippen LogP contribution in [0.5, 0.6) is 23.0 Å². The first kappa shape index (κ1) is 58.9. The minimum atomic E-state index is -1.32. The number of morpholine rings is 2. The van der Waals surface area contributed by atoms with Gasteiger partial charge < -0.3 is 63.3 Å². The fourth-order valence-electron chi connectivity index (χ4n) is 11.4. The van der Waals surface area contributed by atoms with Crippen LogP contribution in [0.25, 0.3) is 0 Å². The highest BCUT2D eigenvalue weighted by Crippen LogP contribution is 2.49. The Labute approximate surface area is 464 Å². The molecule has 18 nitrogen and oxygen atoms in total. The lowest BCUT2D eigenvalue weighted by Crippen LogP contribution is -2.49. The average molecular weight is 1100 g/mol. The molecule has 430 valence electrons. The fraction of sp³-hybridized carbons (Fsp3) is 0.590. The summed E-state index contributed by atoms with van der Waals surface area (Å²) in [6.07, 6.45) is 11.8. The van der Waals surface area contributed by atoms with E-state index >= 15 is 0 Å². The molecule has 2 aromatic carbocycles. The molecular weight excluding hydrogens is 1010 g/mol. The molecule has 6 aliphatic heterocycles. The van der Waals surface area contributed by atoms with Gasteiger partial charge in [0.1, 0.15) is 40.2 Å². The molecule has 0 aliphatic carbocycles. The lowest BCUT2D eigenvalue weighted by atomic mass is 9.84. The van der Waals surface area contributed by atoms with Gasteiger partial charge in [-0.25, -0.2) is 14.4 Å². The second-order valence-corrected chi connectivity index (χ2v) is 23.1. The van der Waals surface area contributed by atoms with Crippen molar-refractivity contribution in [3.8, 4) is 23.0 Å². The monoisotopic (exact) mass is 1100 g/mol. The van der Waals surface area contributed by atoms with E-state index in [4.69, 9.17) is 28.4 Å². The molecule has 3 N–H and O–H groups in total. The maximum absolute atomic E-state index is 14.6. The zero-order valence-corrected chi connectivity index (χ0v) is 47.6. The Morgan fingerprint density at radius 1 is 0.646 bits per heavy atom. The lowest BCUT2D eigenvalue weighted by molar-refractivity contribution is -0.142. The van der Waals surface area contributed by atoms with Crippen molar-refractivity contribution in [3.05, 3.63) is 92.1 Å². The number of rotatable bonds is 20. The van der Waals surface area contributed by atoms with Crippen LogP contribution in [0, 0.1) is 0 Å². The number of carboxylic acid groups (broad SMARTS) is 1. The number of aliphatic carboxylic acids is 1. The van der Waals surface area contributed by atoms with Crippen LogP contribution >= 0.6 is 0 Å². The van der Waals surface area contributed by atoms with Gasteiger partial charge in [0.05, 0.1) is 62.9 Å². The van der Waals surface area contributed by atoms with Crippen molar-refractivity contribution < 1.29 is 67.7 Å². The summed E-state index contributed by atoms with van der Waals surface area (Å²) in [7, 11) is 0. The highest BCUT2D eigenvalue weighted by atomic mass is 16.7. The summed E-state index contributed by atoms with van der Waals surface area (Å²) < 4.78 is 36.5. The van der Waals surface area contributed by atoms with E-state index in [9.17, 15) is 39.3 Å². The Bertz CT molecular complexity index is 2760. The van der Waals surface area contributed by atoms with Gasteiger partial charge in [0.25, 0.3) is 11.8 Å². The van der Waals surface area contributed by atoms with Crippen molar-refractivity contribution in [3.63, 3.8) is 0 Å². The molecule has 0 aromatic heterocycles. The van der Waals surface area contributed by atoms with Crippen LogP contribution in [0.4, 0.5) is 9.59 Å². The van der Waals surface area contributed by atoms with Crippen LogP contribution in [-0.4, -0.2) is 153 Å². The van der Waals surface area contributed by atoms with Gasteiger partial charge in [-0.05, 0) is 132 Å². The number of nitrogens with zero attached hydrogens (tertiary/aromatic N) is 4. The predicted octanol–water partition coefficient (Wildman–Crippen LogP) is 9.25. The van der Waals surface area contributed by atoms with Crippen LogP contribution in [-0.2, 0) is 40.2 Å². The molecule has 2 fully saturated rings. The summed E-state index contributed by atoms with van der Waals surface area (Å²) in [6.45, 7) is 19.0. The van der Waals surface area contributed by atoms with Gasteiger partial charge in [0.2, 0.25) is 0 Å². The number of ether oxygens (including phenoxy) is 6. The highest BCUT2D eigenvalue weighted by Gasteiger charge is 2.48. The molecule has 0 spiro atoms. The number of carbonyl (C=O) groups is 5. The maximum atomic E-state index is 14.6. The zero-order valence-electron chi connectivity index (χ0n) is 47.6. The summed E-state index contributed by atoms with van der Waals surface area (Å²) in [4.78, 5) is 75.4. The molecule has 0 saturated carbocycles. The molecule has 0 radical (unpaired) electrons. The average Bonchev–Trinajstić information content (AvgIpc) is 3.98. The van der Waals surface area contributed by atoms with Gasteiger partial charge in [-0.3, -0.25) is 9.59 Å². The minimum absolute atomic E-state index is 0.0185. The third-order valence-electron chi connectivity index (χ3n) is 16.4. The molecule has 18 heteroatoms. The molecule has 2 aromatic rings. The van der Waals surface area contributed by atoms with Crippen molar-refractivity contribution in [2.45, 2.75) is 175 Å². The second-order valence-electron chi connectivity index (χ2n) is 23.1. The Balaban J connectivity index is 1.01. The molecule has 0 unspecified atom stereocenters. The van der Waals surface area contributed by atoms with E-state index in [0.29, 0.717) is 112 Å². The van der Waals surface area contributed by atoms with E-state index < -0.39 is 53.5 Å². The number of aliphatic hydroxyl groups excluding tert-OH is 2. The molecule has 5 atom stereocenters. The van der Waals surface area contributed by atoms with Crippen molar-refractivity contribution in [1.82, 2.24) is 19.6 Å². The number of carboxylic acids is 1. The van der Waals surface area contributed by atoms with Crippen LogP contribution < -0.4 is 18.9 Å². The molecule has 6 aliphatic rings. The van der Waals surface area contributed by atoms with E-state index in [0.717, 1.165) is 25.7 Å². The number of fused-ring (bicyclic) bond motifs is 6. The summed E-state index contributed by atoms with van der Waals surface area (Å²) in [5.41, 5.74) is 5.23. The van der Waals surface area contributed by atoms with Crippen molar-refractivity contribution in [2.75, 3.05) is 59.2 Å². The third-order valence-corrected chi connectivity index (χ3v) is 16.4. The maximum Gasteiger partial charge on any atom is 0.415 e. The largest absolute Gasteiger partial charge is 0.484 e. The van der Waals surface area contributed by atoms with Crippen LogP contribution in [0.1, 0.15) is 163 Å². The van der Waals surface area contributed by atoms with Crippen LogP contribution in [0.3, 0.4) is 0 Å². The number of carbonyl (C=O) groups excluding carboxylic acids is 4. The van der Waals surface area contributed by atoms with Gasteiger partial charge >= 0.3 is 18.2 Å². The van der Waals surface area contributed by atoms with Gasteiger partial charge in [-0.15, -0.1) is 0 Å².